The zero-order valence-corrected chi connectivity index (χ0v) is 10.2. The maximum Gasteiger partial charge on any atom is 0.0541 e. The van der Waals surface area contributed by atoms with Gasteiger partial charge in [-0.25, -0.2) is 0 Å². The van der Waals surface area contributed by atoms with Crippen LogP contribution in [0.2, 0.25) is 0 Å². The minimum atomic E-state index is -0.0131. The van der Waals surface area contributed by atoms with Crippen molar-refractivity contribution in [2.45, 2.75) is 58.1 Å². The summed E-state index contributed by atoms with van der Waals surface area (Å²) in [5, 5.41) is 9.51. The lowest BCUT2D eigenvalue weighted by Gasteiger charge is -2.42. The Hall–Kier alpha value is -0.0800. The van der Waals surface area contributed by atoms with Crippen LogP contribution < -0.4 is 0 Å². The van der Waals surface area contributed by atoms with Crippen molar-refractivity contribution in [3.8, 4) is 0 Å². The highest BCUT2D eigenvalue weighted by atomic mass is 16.3. The van der Waals surface area contributed by atoms with Gasteiger partial charge in [0.15, 0.2) is 0 Å². The van der Waals surface area contributed by atoms with Crippen LogP contribution in [0.1, 0.15) is 46.0 Å². The molecular formula is C13H25NO. The smallest absolute Gasteiger partial charge is 0.0541 e. The van der Waals surface area contributed by atoms with Crippen LogP contribution in [-0.2, 0) is 0 Å². The van der Waals surface area contributed by atoms with Gasteiger partial charge in [-0.05, 0) is 43.9 Å². The molecule has 1 aliphatic heterocycles. The molecule has 2 aliphatic rings. The molecule has 0 radical (unpaired) electrons. The molecule has 2 atom stereocenters. The van der Waals surface area contributed by atoms with Crippen molar-refractivity contribution >= 4 is 0 Å². The van der Waals surface area contributed by atoms with E-state index in [2.05, 4.69) is 18.7 Å². The van der Waals surface area contributed by atoms with E-state index in [1.54, 1.807) is 0 Å². The Labute approximate surface area is 93.7 Å². The highest BCUT2D eigenvalue weighted by Gasteiger charge is 2.29. The molecule has 88 valence electrons. The summed E-state index contributed by atoms with van der Waals surface area (Å²) in [7, 11) is 0. The van der Waals surface area contributed by atoms with E-state index in [1.807, 2.05) is 0 Å². The first-order chi connectivity index (χ1) is 7.15. The van der Waals surface area contributed by atoms with Crippen LogP contribution in [0.5, 0.6) is 0 Å². The zero-order valence-electron chi connectivity index (χ0n) is 10.2. The fourth-order valence-electron chi connectivity index (χ4n) is 3.43. The summed E-state index contributed by atoms with van der Waals surface area (Å²) in [6, 6.07) is 0.763. The number of likely N-dealkylation sites (tertiary alicyclic amines) is 1. The van der Waals surface area contributed by atoms with Crippen molar-refractivity contribution in [2.75, 3.05) is 13.1 Å². The maximum atomic E-state index is 9.51. The molecule has 0 aromatic rings. The molecule has 0 bridgehead atoms. The average molecular weight is 211 g/mol. The fraction of sp³-hybridized carbons (Fsp3) is 1.00. The Bertz CT molecular complexity index is 189. The Morgan fingerprint density at radius 2 is 1.47 bits per heavy atom. The highest BCUT2D eigenvalue weighted by Crippen LogP contribution is 2.29. The minimum absolute atomic E-state index is 0.0131. The van der Waals surface area contributed by atoms with E-state index >= 15 is 0 Å². The summed E-state index contributed by atoms with van der Waals surface area (Å²) in [5.74, 6) is 1.72. The first-order valence-corrected chi connectivity index (χ1v) is 6.57. The second-order valence-electron chi connectivity index (χ2n) is 5.86. The molecule has 2 unspecified atom stereocenters. The number of hydrogen-bond donors (Lipinski definition) is 1. The van der Waals surface area contributed by atoms with Gasteiger partial charge < -0.3 is 5.11 Å². The predicted molar refractivity (Wildman–Crippen MR) is 62.8 cm³/mol. The summed E-state index contributed by atoms with van der Waals surface area (Å²) in [6.07, 6.45) is 5.84. The van der Waals surface area contributed by atoms with Crippen LogP contribution in [0.15, 0.2) is 0 Å². The molecule has 15 heavy (non-hydrogen) atoms. The van der Waals surface area contributed by atoms with Crippen LogP contribution in [0, 0.1) is 11.8 Å². The summed E-state index contributed by atoms with van der Waals surface area (Å²) < 4.78 is 0. The largest absolute Gasteiger partial charge is 0.393 e. The van der Waals surface area contributed by atoms with Gasteiger partial charge in [0.25, 0.3) is 0 Å². The lowest BCUT2D eigenvalue weighted by molar-refractivity contribution is 0.0398. The van der Waals surface area contributed by atoms with Crippen molar-refractivity contribution in [3.63, 3.8) is 0 Å². The number of aliphatic hydroxyl groups excluding tert-OH is 1. The summed E-state index contributed by atoms with van der Waals surface area (Å²) in [4.78, 5) is 2.69. The molecule has 0 spiro atoms. The van der Waals surface area contributed by atoms with Gasteiger partial charge in [-0.1, -0.05) is 13.8 Å². The van der Waals surface area contributed by atoms with Crippen molar-refractivity contribution in [3.05, 3.63) is 0 Å². The average Bonchev–Trinajstić information content (AvgIpc) is 2.17. The Morgan fingerprint density at radius 1 is 0.933 bits per heavy atom. The normalized spacial score (nSPS) is 44.2. The molecule has 2 rings (SSSR count). The summed E-state index contributed by atoms with van der Waals surface area (Å²) in [5.41, 5.74) is 0. The molecular weight excluding hydrogens is 186 g/mol. The van der Waals surface area contributed by atoms with E-state index in [1.165, 1.54) is 32.4 Å². The van der Waals surface area contributed by atoms with Gasteiger partial charge >= 0.3 is 0 Å². The Balaban J connectivity index is 1.87. The SMILES string of the molecule is CC1CC(C)CN(C2CCC(O)CC2)C1. The van der Waals surface area contributed by atoms with Crippen LogP contribution in [0.3, 0.4) is 0 Å². The van der Waals surface area contributed by atoms with Crippen molar-refractivity contribution in [1.29, 1.82) is 0 Å². The third-order valence-corrected chi connectivity index (χ3v) is 4.08. The molecule has 1 saturated carbocycles. The molecule has 2 nitrogen and oxygen atoms in total. The van der Waals surface area contributed by atoms with Gasteiger partial charge in [-0.15, -0.1) is 0 Å². The molecule has 2 fully saturated rings. The molecule has 0 amide bonds. The Kier molecular flexibility index (Phi) is 3.68. The first kappa shape index (κ1) is 11.4. The highest BCUT2D eigenvalue weighted by molar-refractivity contribution is 4.84. The first-order valence-electron chi connectivity index (χ1n) is 6.57. The summed E-state index contributed by atoms with van der Waals surface area (Å²) >= 11 is 0. The number of hydrogen-bond acceptors (Lipinski definition) is 2. The van der Waals surface area contributed by atoms with Crippen molar-refractivity contribution < 1.29 is 5.11 Å². The molecule has 1 N–H and O–H groups in total. The van der Waals surface area contributed by atoms with E-state index in [0.29, 0.717) is 0 Å². The van der Waals surface area contributed by atoms with Gasteiger partial charge in [0.1, 0.15) is 0 Å². The molecule has 0 aromatic heterocycles. The van der Waals surface area contributed by atoms with Gasteiger partial charge in [0.05, 0.1) is 6.10 Å². The van der Waals surface area contributed by atoms with E-state index in [0.717, 1.165) is 30.7 Å². The monoisotopic (exact) mass is 211 g/mol. The lowest BCUT2D eigenvalue weighted by Crippen LogP contribution is -2.46. The molecule has 0 aromatic carbocycles. The molecule has 2 heteroatoms. The maximum absolute atomic E-state index is 9.51. The minimum Gasteiger partial charge on any atom is -0.393 e. The third kappa shape index (κ3) is 2.94. The van der Waals surface area contributed by atoms with E-state index in [4.69, 9.17) is 0 Å². The number of nitrogens with zero attached hydrogens (tertiary/aromatic N) is 1. The van der Waals surface area contributed by atoms with Crippen LogP contribution >= 0.6 is 0 Å². The summed E-state index contributed by atoms with van der Waals surface area (Å²) in [6.45, 7) is 7.32. The van der Waals surface area contributed by atoms with Gasteiger partial charge in [-0.2, -0.15) is 0 Å². The van der Waals surface area contributed by atoms with Crippen LogP contribution in [0.25, 0.3) is 0 Å². The number of piperidine rings is 1. The van der Waals surface area contributed by atoms with Crippen molar-refractivity contribution in [1.82, 2.24) is 4.90 Å². The van der Waals surface area contributed by atoms with E-state index < -0.39 is 0 Å². The van der Waals surface area contributed by atoms with Gasteiger partial charge in [-0.3, -0.25) is 4.90 Å². The molecule has 1 aliphatic carbocycles. The van der Waals surface area contributed by atoms with E-state index in [9.17, 15) is 5.11 Å². The topological polar surface area (TPSA) is 23.5 Å². The quantitative estimate of drug-likeness (QED) is 0.719. The molecule has 1 heterocycles. The Morgan fingerprint density at radius 3 is 2.00 bits per heavy atom. The standard InChI is InChI=1S/C13H25NO/c1-10-7-11(2)9-14(8-10)12-3-5-13(15)6-4-12/h10-13,15H,3-9H2,1-2H3. The lowest BCUT2D eigenvalue weighted by atomic mass is 9.86. The van der Waals surface area contributed by atoms with Crippen LogP contribution in [-0.4, -0.2) is 35.2 Å². The zero-order chi connectivity index (χ0) is 10.8. The van der Waals surface area contributed by atoms with Crippen LogP contribution in [0.4, 0.5) is 0 Å². The second-order valence-corrected chi connectivity index (χ2v) is 5.86. The molecule has 1 saturated heterocycles. The van der Waals surface area contributed by atoms with Gasteiger partial charge in [0.2, 0.25) is 0 Å². The van der Waals surface area contributed by atoms with Crippen molar-refractivity contribution in [2.24, 2.45) is 11.8 Å². The third-order valence-electron chi connectivity index (χ3n) is 4.08. The number of aliphatic hydroxyl groups is 1. The van der Waals surface area contributed by atoms with Gasteiger partial charge in [0, 0.05) is 19.1 Å². The van der Waals surface area contributed by atoms with E-state index in [-0.39, 0.29) is 6.10 Å². The number of rotatable bonds is 1. The fourth-order valence-corrected chi connectivity index (χ4v) is 3.43. The second kappa shape index (κ2) is 4.84. The predicted octanol–water partition coefficient (Wildman–Crippen LogP) is 2.27.